The van der Waals surface area contributed by atoms with Gasteiger partial charge in [0.15, 0.2) is 5.01 Å². The Balaban J connectivity index is 1.53. The van der Waals surface area contributed by atoms with Gasteiger partial charge in [-0.05, 0) is 18.6 Å². The summed E-state index contributed by atoms with van der Waals surface area (Å²) < 4.78 is 0. The van der Waals surface area contributed by atoms with E-state index in [-0.39, 0.29) is 11.6 Å². The number of rotatable bonds is 5. The first-order chi connectivity index (χ1) is 10.2. The van der Waals surface area contributed by atoms with Gasteiger partial charge in [-0.3, -0.25) is 9.78 Å². The molecule has 0 spiro atoms. The molecule has 3 aromatic rings. The second kappa shape index (κ2) is 5.83. The Bertz CT molecular complexity index is 787. The van der Waals surface area contributed by atoms with Crippen molar-refractivity contribution >= 4 is 27.6 Å². The van der Waals surface area contributed by atoms with Gasteiger partial charge >= 0.3 is 5.69 Å². The molecule has 0 saturated heterocycles. The van der Waals surface area contributed by atoms with Crippen LogP contribution in [0.25, 0.3) is 10.3 Å². The molecule has 0 atom stereocenters. The average Bonchev–Trinajstić information content (AvgIpc) is 3.09. The normalized spacial score (nSPS) is 10.9. The van der Waals surface area contributed by atoms with E-state index < -0.39 is 0 Å². The monoisotopic (exact) mass is 304 g/mol. The van der Waals surface area contributed by atoms with Crippen LogP contribution < -0.4 is 11.0 Å². The highest BCUT2D eigenvalue weighted by Crippen LogP contribution is 2.18. The first-order valence-electron chi connectivity index (χ1n) is 6.36. The number of carbonyl (C=O) groups is 1. The van der Waals surface area contributed by atoms with Crippen molar-refractivity contribution in [2.45, 2.75) is 12.8 Å². The number of nitrogens with zero attached hydrogens (tertiary/aromatic N) is 3. The number of nitrogens with one attached hydrogen (secondary N) is 3. The lowest BCUT2D eigenvalue weighted by molar-refractivity contribution is 0.0953. The fraction of sp³-hybridized carbons (Fsp3) is 0.250. The standard InChI is InChI=1S/C12H12N6O2S/c19-9(11-15-7-3-1-6-14-10(7)21-11)13-5-2-4-8-16-12(20)18-17-8/h1,3,6H,2,4-5H2,(H,13,19)(H2,16,17,18,20). The minimum atomic E-state index is -0.323. The average molecular weight is 304 g/mol. The van der Waals surface area contributed by atoms with Crippen molar-refractivity contribution in [3.8, 4) is 0 Å². The number of aryl methyl sites for hydroxylation is 1. The smallest absolute Gasteiger partial charge is 0.340 e. The van der Waals surface area contributed by atoms with Crippen LogP contribution in [-0.2, 0) is 6.42 Å². The summed E-state index contributed by atoms with van der Waals surface area (Å²) in [6, 6.07) is 3.61. The van der Waals surface area contributed by atoms with Gasteiger partial charge in [0, 0.05) is 19.2 Å². The Labute approximate surface area is 122 Å². The summed E-state index contributed by atoms with van der Waals surface area (Å²) in [5.41, 5.74) is 0.401. The molecule has 3 aromatic heterocycles. The minimum Gasteiger partial charge on any atom is -0.350 e. The number of aromatic nitrogens is 5. The van der Waals surface area contributed by atoms with E-state index in [1.54, 1.807) is 12.3 Å². The maximum atomic E-state index is 12.0. The molecule has 0 radical (unpaired) electrons. The maximum absolute atomic E-state index is 12.0. The van der Waals surface area contributed by atoms with Crippen molar-refractivity contribution in [1.82, 2.24) is 30.5 Å². The van der Waals surface area contributed by atoms with Gasteiger partial charge in [0.25, 0.3) is 5.91 Å². The molecule has 8 nitrogen and oxygen atoms in total. The lowest BCUT2D eigenvalue weighted by Crippen LogP contribution is -2.24. The van der Waals surface area contributed by atoms with Crippen LogP contribution in [0.15, 0.2) is 23.1 Å². The third-order valence-corrected chi connectivity index (χ3v) is 3.76. The molecule has 0 fully saturated rings. The number of carbonyl (C=O) groups excluding carboxylic acids is 1. The topological polar surface area (TPSA) is 116 Å². The molecule has 3 N–H and O–H groups in total. The first-order valence-corrected chi connectivity index (χ1v) is 7.17. The predicted molar refractivity (Wildman–Crippen MR) is 77.3 cm³/mol. The minimum absolute atomic E-state index is 0.214. The van der Waals surface area contributed by atoms with Crippen LogP contribution >= 0.6 is 11.3 Å². The van der Waals surface area contributed by atoms with Crippen LogP contribution in [-0.4, -0.2) is 37.6 Å². The van der Waals surface area contributed by atoms with E-state index in [4.69, 9.17) is 0 Å². The Morgan fingerprint density at radius 3 is 3.10 bits per heavy atom. The van der Waals surface area contributed by atoms with Crippen LogP contribution in [0.1, 0.15) is 22.0 Å². The number of fused-ring (bicyclic) bond motifs is 1. The van der Waals surface area contributed by atoms with E-state index in [9.17, 15) is 9.59 Å². The highest BCUT2D eigenvalue weighted by atomic mass is 32.1. The molecule has 0 aliphatic carbocycles. The first kappa shape index (κ1) is 13.4. The number of amides is 1. The zero-order chi connectivity index (χ0) is 14.7. The Morgan fingerprint density at radius 2 is 2.33 bits per heavy atom. The molecule has 0 unspecified atom stereocenters. The van der Waals surface area contributed by atoms with Gasteiger partial charge in [-0.15, -0.1) is 0 Å². The molecule has 108 valence electrons. The van der Waals surface area contributed by atoms with Crippen molar-refractivity contribution in [3.63, 3.8) is 0 Å². The molecule has 21 heavy (non-hydrogen) atoms. The zero-order valence-corrected chi connectivity index (χ0v) is 11.7. The number of hydrogen-bond acceptors (Lipinski definition) is 6. The van der Waals surface area contributed by atoms with Crippen molar-refractivity contribution < 1.29 is 4.79 Å². The van der Waals surface area contributed by atoms with E-state index >= 15 is 0 Å². The Kier molecular flexibility index (Phi) is 3.73. The molecule has 0 aliphatic heterocycles. The summed E-state index contributed by atoms with van der Waals surface area (Å²) in [4.78, 5) is 34.5. The number of aromatic amines is 2. The summed E-state index contributed by atoms with van der Waals surface area (Å²) >= 11 is 1.26. The predicted octanol–water partition coefficient (Wildman–Crippen LogP) is 0.465. The Hall–Kier alpha value is -2.55. The summed E-state index contributed by atoms with van der Waals surface area (Å²) in [7, 11) is 0. The van der Waals surface area contributed by atoms with Gasteiger partial charge in [-0.1, -0.05) is 11.3 Å². The molecule has 1 amide bonds. The van der Waals surface area contributed by atoms with Gasteiger partial charge in [0.2, 0.25) is 0 Å². The lowest BCUT2D eigenvalue weighted by Gasteiger charge is -2.00. The van der Waals surface area contributed by atoms with Crippen molar-refractivity contribution in [2.75, 3.05) is 6.54 Å². The fourth-order valence-corrected chi connectivity index (χ4v) is 2.65. The molecular weight excluding hydrogens is 292 g/mol. The zero-order valence-electron chi connectivity index (χ0n) is 10.9. The third kappa shape index (κ3) is 3.14. The van der Waals surface area contributed by atoms with Crippen molar-refractivity contribution in [1.29, 1.82) is 0 Å². The summed E-state index contributed by atoms with van der Waals surface area (Å²) in [6.07, 6.45) is 2.93. The van der Waals surface area contributed by atoms with Crippen LogP contribution in [0.3, 0.4) is 0 Å². The third-order valence-electron chi connectivity index (χ3n) is 2.79. The van der Waals surface area contributed by atoms with Crippen LogP contribution in [0.2, 0.25) is 0 Å². The van der Waals surface area contributed by atoms with E-state index in [0.717, 1.165) is 10.3 Å². The number of hydrogen-bond donors (Lipinski definition) is 3. The second-order valence-corrected chi connectivity index (χ2v) is 5.31. The van der Waals surface area contributed by atoms with Gasteiger partial charge in [-0.2, -0.15) is 5.10 Å². The van der Waals surface area contributed by atoms with Crippen LogP contribution in [0.4, 0.5) is 0 Å². The second-order valence-electron chi connectivity index (χ2n) is 4.33. The molecular formula is C12H12N6O2S. The summed E-state index contributed by atoms with van der Waals surface area (Å²) in [5.74, 6) is 0.368. The van der Waals surface area contributed by atoms with Gasteiger partial charge in [-0.25, -0.2) is 19.9 Å². The largest absolute Gasteiger partial charge is 0.350 e. The molecule has 0 aliphatic rings. The van der Waals surface area contributed by atoms with Crippen molar-refractivity contribution in [3.05, 3.63) is 39.6 Å². The Morgan fingerprint density at radius 1 is 1.43 bits per heavy atom. The maximum Gasteiger partial charge on any atom is 0.340 e. The highest BCUT2D eigenvalue weighted by Gasteiger charge is 2.12. The van der Waals surface area contributed by atoms with Gasteiger partial charge in [0.1, 0.15) is 16.2 Å². The number of pyridine rings is 1. The number of H-pyrrole nitrogens is 2. The van der Waals surface area contributed by atoms with E-state index in [2.05, 4.69) is 30.5 Å². The lowest BCUT2D eigenvalue weighted by atomic mass is 10.3. The van der Waals surface area contributed by atoms with E-state index in [1.165, 1.54) is 11.3 Å². The highest BCUT2D eigenvalue weighted by molar-refractivity contribution is 7.19. The SMILES string of the molecule is O=C(NCCCc1n[nH]c(=O)[nH]1)c1nc2cccnc2s1. The van der Waals surface area contributed by atoms with Crippen molar-refractivity contribution in [2.24, 2.45) is 0 Å². The molecule has 3 rings (SSSR count). The van der Waals surface area contributed by atoms with E-state index in [1.807, 2.05) is 6.07 Å². The molecule has 0 saturated carbocycles. The molecule has 0 bridgehead atoms. The summed E-state index contributed by atoms with van der Waals surface area (Å²) in [6.45, 7) is 0.483. The van der Waals surface area contributed by atoms with Gasteiger partial charge in [0.05, 0.1) is 0 Å². The van der Waals surface area contributed by atoms with Gasteiger partial charge < -0.3 is 5.32 Å². The number of thiazole rings is 1. The molecule has 3 heterocycles. The molecule has 9 heteroatoms. The molecule has 0 aromatic carbocycles. The van der Waals surface area contributed by atoms with Crippen LogP contribution in [0, 0.1) is 0 Å². The van der Waals surface area contributed by atoms with E-state index in [0.29, 0.717) is 30.2 Å². The quantitative estimate of drug-likeness (QED) is 0.592. The van der Waals surface area contributed by atoms with Crippen LogP contribution in [0.5, 0.6) is 0 Å². The summed E-state index contributed by atoms with van der Waals surface area (Å²) in [5, 5.41) is 9.28. The fourth-order valence-electron chi connectivity index (χ4n) is 1.82.